The van der Waals surface area contributed by atoms with Gasteiger partial charge in [0.2, 0.25) is 0 Å². The van der Waals surface area contributed by atoms with Crippen LogP contribution in [0, 0.1) is 5.41 Å². The van der Waals surface area contributed by atoms with Gasteiger partial charge < -0.3 is 5.32 Å². The van der Waals surface area contributed by atoms with E-state index in [0.717, 1.165) is 19.4 Å². The Balaban J connectivity index is 0.000000771. The van der Waals surface area contributed by atoms with Crippen LogP contribution in [0.3, 0.4) is 0 Å². The monoisotopic (exact) mass is 245 g/mol. The van der Waals surface area contributed by atoms with Gasteiger partial charge in [-0.15, -0.1) is 0 Å². The number of nitrogens with one attached hydrogen (secondary N) is 1. The molecule has 1 unspecified atom stereocenters. The Morgan fingerprint density at radius 1 is 1.22 bits per heavy atom. The van der Waals surface area contributed by atoms with Crippen LogP contribution >= 0.6 is 0 Å². The van der Waals surface area contributed by atoms with Crippen molar-refractivity contribution in [2.75, 3.05) is 6.54 Å². The van der Waals surface area contributed by atoms with Crippen LogP contribution in [0.5, 0.6) is 0 Å². The van der Waals surface area contributed by atoms with Crippen LogP contribution in [-0.2, 0) is 6.42 Å². The summed E-state index contributed by atoms with van der Waals surface area (Å²) < 4.78 is 0. The summed E-state index contributed by atoms with van der Waals surface area (Å²) in [5.74, 6) is 0. The quantitative estimate of drug-likeness (QED) is 0.770. The van der Waals surface area contributed by atoms with Crippen LogP contribution in [-0.4, -0.2) is 12.6 Å². The van der Waals surface area contributed by atoms with Gasteiger partial charge in [0.05, 0.1) is 0 Å². The SMILES string of the molecule is C=C1CCNC(Cc2ccccc2)C1(C)C.CC. The fourth-order valence-corrected chi connectivity index (χ4v) is 2.40. The highest BCUT2D eigenvalue weighted by Gasteiger charge is 2.34. The van der Waals surface area contributed by atoms with E-state index in [4.69, 9.17) is 0 Å². The van der Waals surface area contributed by atoms with Crippen LogP contribution in [0.15, 0.2) is 42.5 Å². The summed E-state index contributed by atoms with van der Waals surface area (Å²) in [7, 11) is 0. The normalized spacial score (nSPS) is 22.0. The summed E-state index contributed by atoms with van der Waals surface area (Å²) in [6, 6.07) is 11.2. The minimum Gasteiger partial charge on any atom is -0.312 e. The number of piperidine rings is 1. The molecule has 1 aromatic rings. The zero-order valence-corrected chi connectivity index (χ0v) is 12.3. The number of hydrogen-bond donors (Lipinski definition) is 1. The van der Waals surface area contributed by atoms with Crippen molar-refractivity contribution < 1.29 is 0 Å². The molecule has 1 aliphatic rings. The molecule has 1 N–H and O–H groups in total. The van der Waals surface area contributed by atoms with Crippen molar-refractivity contribution in [1.29, 1.82) is 0 Å². The van der Waals surface area contributed by atoms with E-state index in [1.807, 2.05) is 13.8 Å². The van der Waals surface area contributed by atoms with E-state index in [1.165, 1.54) is 11.1 Å². The molecular weight excluding hydrogens is 218 g/mol. The highest BCUT2D eigenvalue weighted by Crippen LogP contribution is 2.35. The molecule has 18 heavy (non-hydrogen) atoms. The summed E-state index contributed by atoms with van der Waals surface area (Å²) >= 11 is 0. The van der Waals surface area contributed by atoms with Gasteiger partial charge in [-0.05, 0) is 24.9 Å². The fourth-order valence-electron chi connectivity index (χ4n) is 2.40. The van der Waals surface area contributed by atoms with Gasteiger partial charge in [0.1, 0.15) is 0 Å². The Morgan fingerprint density at radius 3 is 2.44 bits per heavy atom. The highest BCUT2D eigenvalue weighted by molar-refractivity contribution is 5.21. The zero-order chi connectivity index (χ0) is 13.6. The molecule has 1 heterocycles. The van der Waals surface area contributed by atoms with Gasteiger partial charge in [-0.1, -0.05) is 70.2 Å². The summed E-state index contributed by atoms with van der Waals surface area (Å²) in [5.41, 5.74) is 2.99. The zero-order valence-electron chi connectivity index (χ0n) is 12.3. The molecule has 100 valence electrons. The van der Waals surface area contributed by atoms with Gasteiger partial charge in [-0.2, -0.15) is 0 Å². The van der Waals surface area contributed by atoms with Gasteiger partial charge in [0.25, 0.3) is 0 Å². The third-order valence-corrected chi connectivity index (χ3v) is 3.88. The third-order valence-electron chi connectivity index (χ3n) is 3.88. The largest absolute Gasteiger partial charge is 0.312 e. The van der Waals surface area contributed by atoms with Crippen LogP contribution < -0.4 is 5.32 Å². The molecule has 0 aliphatic carbocycles. The van der Waals surface area contributed by atoms with E-state index in [0.29, 0.717) is 6.04 Å². The molecule has 1 aromatic carbocycles. The van der Waals surface area contributed by atoms with Gasteiger partial charge in [0, 0.05) is 11.5 Å². The van der Waals surface area contributed by atoms with E-state index >= 15 is 0 Å². The predicted octanol–water partition coefficient (Wildman–Crippen LogP) is 4.20. The maximum absolute atomic E-state index is 4.22. The Morgan fingerprint density at radius 2 is 1.83 bits per heavy atom. The first-order valence-electron chi connectivity index (χ1n) is 7.06. The average molecular weight is 245 g/mol. The highest BCUT2D eigenvalue weighted by atomic mass is 14.9. The van der Waals surface area contributed by atoms with Gasteiger partial charge in [0.15, 0.2) is 0 Å². The van der Waals surface area contributed by atoms with Crippen LogP contribution in [0.1, 0.15) is 39.7 Å². The number of rotatable bonds is 2. The summed E-state index contributed by atoms with van der Waals surface area (Å²) in [6.45, 7) is 13.9. The molecular formula is C17H27N. The second-order valence-corrected chi connectivity index (χ2v) is 5.27. The van der Waals surface area contributed by atoms with Crippen LogP contribution in [0.4, 0.5) is 0 Å². The van der Waals surface area contributed by atoms with E-state index in [-0.39, 0.29) is 5.41 Å². The fraction of sp³-hybridized carbons (Fsp3) is 0.529. The summed E-state index contributed by atoms with van der Waals surface area (Å²) in [6.07, 6.45) is 2.20. The van der Waals surface area contributed by atoms with Crippen LogP contribution in [0.25, 0.3) is 0 Å². The molecule has 1 heteroatoms. The van der Waals surface area contributed by atoms with Crippen molar-refractivity contribution in [3.05, 3.63) is 48.0 Å². The first-order chi connectivity index (χ1) is 8.60. The minimum absolute atomic E-state index is 0.202. The maximum atomic E-state index is 4.22. The standard InChI is InChI=1S/C15H21N.C2H6/c1-12-9-10-16-14(15(12,2)3)11-13-7-5-4-6-8-13;1-2/h4-8,14,16H,1,9-11H2,2-3H3;1-2H3. The van der Waals surface area contributed by atoms with E-state index in [1.54, 1.807) is 0 Å². The Bertz CT molecular complexity index is 364. The molecule has 1 fully saturated rings. The molecule has 0 spiro atoms. The molecule has 1 atom stereocenters. The summed E-state index contributed by atoms with van der Waals surface area (Å²) in [4.78, 5) is 0. The molecule has 1 nitrogen and oxygen atoms in total. The van der Waals surface area contributed by atoms with Crippen molar-refractivity contribution in [2.45, 2.75) is 46.6 Å². The second-order valence-electron chi connectivity index (χ2n) is 5.27. The Hall–Kier alpha value is -1.08. The van der Waals surface area contributed by atoms with Gasteiger partial charge >= 0.3 is 0 Å². The third kappa shape index (κ3) is 3.46. The first-order valence-corrected chi connectivity index (χ1v) is 7.06. The van der Waals surface area contributed by atoms with E-state index in [2.05, 4.69) is 56.1 Å². The molecule has 1 aliphatic heterocycles. The van der Waals surface area contributed by atoms with Gasteiger partial charge in [-0.3, -0.25) is 0 Å². The van der Waals surface area contributed by atoms with Crippen molar-refractivity contribution in [1.82, 2.24) is 5.32 Å². The lowest BCUT2D eigenvalue weighted by atomic mass is 9.72. The molecule has 0 amide bonds. The van der Waals surface area contributed by atoms with Crippen molar-refractivity contribution in [2.24, 2.45) is 5.41 Å². The van der Waals surface area contributed by atoms with Crippen molar-refractivity contribution in [3.63, 3.8) is 0 Å². The molecule has 2 rings (SSSR count). The lowest BCUT2D eigenvalue weighted by Gasteiger charge is -2.41. The topological polar surface area (TPSA) is 12.0 Å². The van der Waals surface area contributed by atoms with E-state index < -0.39 is 0 Å². The molecule has 1 saturated heterocycles. The Labute approximate surface area is 112 Å². The number of benzene rings is 1. The summed E-state index contributed by atoms with van der Waals surface area (Å²) in [5, 5.41) is 3.63. The van der Waals surface area contributed by atoms with Gasteiger partial charge in [-0.25, -0.2) is 0 Å². The molecule has 0 radical (unpaired) electrons. The van der Waals surface area contributed by atoms with Crippen molar-refractivity contribution >= 4 is 0 Å². The molecule has 0 bridgehead atoms. The maximum Gasteiger partial charge on any atom is 0.0196 e. The average Bonchev–Trinajstić information content (AvgIpc) is 2.39. The van der Waals surface area contributed by atoms with Crippen molar-refractivity contribution in [3.8, 4) is 0 Å². The molecule has 0 aromatic heterocycles. The number of hydrogen-bond acceptors (Lipinski definition) is 1. The minimum atomic E-state index is 0.202. The smallest absolute Gasteiger partial charge is 0.0196 e. The lowest BCUT2D eigenvalue weighted by molar-refractivity contribution is 0.251. The second kappa shape index (κ2) is 6.75. The Kier molecular flexibility index (Phi) is 5.61. The lowest BCUT2D eigenvalue weighted by Crippen LogP contribution is -2.49. The predicted molar refractivity (Wildman–Crippen MR) is 80.8 cm³/mol. The first kappa shape index (κ1) is 15.0. The van der Waals surface area contributed by atoms with Crippen LogP contribution in [0.2, 0.25) is 0 Å². The molecule has 0 saturated carbocycles. The van der Waals surface area contributed by atoms with E-state index in [9.17, 15) is 0 Å².